The molecular formula is C19H18N2O4S. The molecule has 3 rings (SSSR count). The molecule has 26 heavy (non-hydrogen) atoms. The van der Waals surface area contributed by atoms with Crippen LogP contribution in [-0.4, -0.2) is 23.1 Å². The van der Waals surface area contributed by atoms with E-state index in [1.165, 1.54) is 4.57 Å². The first-order valence-electron chi connectivity index (χ1n) is 8.12. The second-order valence-corrected chi connectivity index (χ2v) is 6.64. The first-order chi connectivity index (χ1) is 12.5. The molecule has 7 heteroatoms. The molecule has 1 aromatic heterocycles. The number of nitrogens with one attached hydrogen (secondary N) is 1. The van der Waals surface area contributed by atoms with E-state index in [9.17, 15) is 14.4 Å². The predicted octanol–water partition coefficient (Wildman–Crippen LogP) is 2.94. The molecule has 0 atom stereocenters. The summed E-state index contributed by atoms with van der Waals surface area (Å²) < 4.78 is 6.49. The summed E-state index contributed by atoms with van der Waals surface area (Å²) in [6.07, 6.45) is 0.0424. The number of carbonyl (C=O) groups excluding carboxylic acids is 2. The maximum Gasteiger partial charge on any atom is 0.308 e. The molecular weight excluding hydrogens is 352 g/mol. The van der Waals surface area contributed by atoms with Crippen molar-refractivity contribution in [3.8, 4) is 0 Å². The van der Waals surface area contributed by atoms with Gasteiger partial charge in [0.1, 0.15) is 0 Å². The van der Waals surface area contributed by atoms with Crippen molar-refractivity contribution in [2.24, 2.45) is 0 Å². The molecule has 0 unspecified atom stereocenters. The lowest BCUT2D eigenvalue weighted by Gasteiger charge is -2.08. The number of thiazole rings is 1. The van der Waals surface area contributed by atoms with Gasteiger partial charge in [-0.2, -0.15) is 0 Å². The van der Waals surface area contributed by atoms with Crippen molar-refractivity contribution in [3.05, 3.63) is 63.2 Å². The van der Waals surface area contributed by atoms with Crippen LogP contribution in [0.4, 0.5) is 5.69 Å². The summed E-state index contributed by atoms with van der Waals surface area (Å²) in [6.45, 7) is 1.70. The number of anilines is 1. The van der Waals surface area contributed by atoms with Gasteiger partial charge >= 0.3 is 10.8 Å². The summed E-state index contributed by atoms with van der Waals surface area (Å²) in [6, 6.07) is 13.4. The van der Waals surface area contributed by atoms with Crippen LogP contribution in [-0.2, 0) is 20.9 Å². The van der Waals surface area contributed by atoms with Gasteiger partial charge < -0.3 is 14.6 Å². The molecule has 3 aromatic rings. The minimum atomic E-state index is -0.517. The maximum absolute atomic E-state index is 12.0. The number of aryl methyl sites for hydroxylation is 1. The number of aromatic nitrogens is 1. The molecule has 0 aliphatic heterocycles. The summed E-state index contributed by atoms with van der Waals surface area (Å²) in [5.41, 5.74) is 1.45. The minimum absolute atomic E-state index is 0.0424. The van der Waals surface area contributed by atoms with E-state index < -0.39 is 11.9 Å². The van der Waals surface area contributed by atoms with Crippen molar-refractivity contribution in [3.63, 3.8) is 0 Å². The SMILES string of the molecule is Cc1csc(=O)n1CCC(=O)OCC(=O)Nc1ccc2ccccc2c1. The van der Waals surface area contributed by atoms with Crippen molar-refractivity contribution in [1.82, 2.24) is 4.57 Å². The van der Waals surface area contributed by atoms with Gasteiger partial charge in [-0.3, -0.25) is 14.4 Å². The molecule has 1 N–H and O–H groups in total. The topological polar surface area (TPSA) is 77.4 Å². The first-order valence-corrected chi connectivity index (χ1v) is 9.00. The van der Waals surface area contributed by atoms with E-state index in [0.717, 1.165) is 27.8 Å². The van der Waals surface area contributed by atoms with E-state index in [2.05, 4.69) is 5.32 Å². The zero-order valence-electron chi connectivity index (χ0n) is 14.2. The normalized spacial score (nSPS) is 10.7. The summed E-state index contributed by atoms with van der Waals surface area (Å²) in [7, 11) is 0. The number of fused-ring (bicyclic) bond motifs is 1. The number of ether oxygens (including phenoxy) is 1. The molecule has 0 bridgehead atoms. The number of hydrogen-bond donors (Lipinski definition) is 1. The van der Waals surface area contributed by atoms with Crippen molar-refractivity contribution >= 4 is 39.7 Å². The van der Waals surface area contributed by atoms with Gasteiger partial charge in [-0.15, -0.1) is 0 Å². The lowest BCUT2D eigenvalue weighted by Crippen LogP contribution is -2.22. The average Bonchev–Trinajstić information content (AvgIpc) is 2.96. The lowest BCUT2D eigenvalue weighted by molar-refractivity contribution is -0.147. The van der Waals surface area contributed by atoms with Gasteiger partial charge in [-0.25, -0.2) is 0 Å². The Hall–Kier alpha value is -2.93. The average molecular weight is 370 g/mol. The number of nitrogens with zero attached hydrogens (tertiary/aromatic N) is 1. The quantitative estimate of drug-likeness (QED) is 0.677. The molecule has 0 saturated heterocycles. The number of amides is 1. The fourth-order valence-corrected chi connectivity index (χ4v) is 3.32. The Morgan fingerprint density at radius 2 is 1.92 bits per heavy atom. The summed E-state index contributed by atoms with van der Waals surface area (Å²) >= 11 is 1.09. The van der Waals surface area contributed by atoms with Gasteiger partial charge in [-0.05, 0) is 29.8 Å². The van der Waals surface area contributed by atoms with Crippen LogP contribution in [0.5, 0.6) is 0 Å². The number of esters is 1. The number of carbonyl (C=O) groups is 2. The molecule has 2 aromatic carbocycles. The Morgan fingerprint density at radius 3 is 2.65 bits per heavy atom. The van der Waals surface area contributed by atoms with Gasteiger partial charge in [0.05, 0.1) is 6.42 Å². The molecule has 1 amide bonds. The summed E-state index contributed by atoms with van der Waals surface area (Å²) in [5, 5.41) is 6.54. The van der Waals surface area contributed by atoms with E-state index in [4.69, 9.17) is 4.74 Å². The lowest BCUT2D eigenvalue weighted by atomic mass is 10.1. The predicted molar refractivity (Wildman–Crippen MR) is 101 cm³/mol. The monoisotopic (exact) mass is 370 g/mol. The van der Waals surface area contributed by atoms with Crippen LogP contribution >= 0.6 is 11.3 Å². The van der Waals surface area contributed by atoms with E-state index in [0.29, 0.717) is 5.69 Å². The van der Waals surface area contributed by atoms with Crippen LogP contribution in [0, 0.1) is 6.92 Å². The Kier molecular flexibility index (Phi) is 5.48. The standard InChI is InChI=1S/C19H18N2O4S/c1-13-12-26-19(24)21(13)9-8-18(23)25-11-17(22)20-16-7-6-14-4-2-3-5-15(14)10-16/h2-7,10,12H,8-9,11H2,1H3,(H,20,22). The molecule has 0 radical (unpaired) electrons. The van der Waals surface area contributed by atoms with Gasteiger partial charge in [0, 0.05) is 23.3 Å². The highest BCUT2D eigenvalue weighted by molar-refractivity contribution is 7.07. The third-order valence-electron chi connectivity index (χ3n) is 3.91. The highest BCUT2D eigenvalue weighted by Crippen LogP contribution is 2.18. The number of rotatable bonds is 6. The molecule has 134 valence electrons. The van der Waals surface area contributed by atoms with Crippen LogP contribution in [0.2, 0.25) is 0 Å². The fourth-order valence-electron chi connectivity index (χ4n) is 2.56. The molecule has 0 spiro atoms. The van der Waals surface area contributed by atoms with Gasteiger partial charge in [-0.1, -0.05) is 41.7 Å². The fraction of sp³-hybridized carbons (Fsp3) is 0.211. The van der Waals surface area contributed by atoms with Crippen molar-refractivity contribution in [1.29, 1.82) is 0 Å². The van der Waals surface area contributed by atoms with Crippen LogP contribution in [0.15, 0.2) is 52.6 Å². The van der Waals surface area contributed by atoms with Crippen LogP contribution in [0.1, 0.15) is 12.1 Å². The molecule has 1 heterocycles. The van der Waals surface area contributed by atoms with Crippen LogP contribution in [0.25, 0.3) is 10.8 Å². The maximum atomic E-state index is 12.0. The van der Waals surface area contributed by atoms with Gasteiger partial charge in [0.2, 0.25) is 0 Å². The van der Waals surface area contributed by atoms with Gasteiger partial charge in [0.15, 0.2) is 6.61 Å². The minimum Gasteiger partial charge on any atom is -0.456 e. The first kappa shape index (κ1) is 17.9. The molecule has 0 fully saturated rings. The van der Waals surface area contributed by atoms with Crippen LogP contribution in [0.3, 0.4) is 0 Å². The Morgan fingerprint density at radius 1 is 1.15 bits per heavy atom. The number of hydrogen-bond acceptors (Lipinski definition) is 5. The number of benzene rings is 2. The largest absolute Gasteiger partial charge is 0.456 e. The third-order valence-corrected chi connectivity index (χ3v) is 4.79. The zero-order chi connectivity index (χ0) is 18.5. The summed E-state index contributed by atoms with van der Waals surface area (Å²) in [5.74, 6) is -0.923. The van der Waals surface area contributed by atoms with E-state index in [1.807, 2.05) is 36.4 Å². The highest BCUT2D eigenvalue weighted by atomic mass is 32.1. The zero-order valence-corrected chi connectivity index (χ0v) is 15.0. The van der Waals surface area contributed by atoms with Crippen molar-refractivity contribution in [2.75, 3.05) is 11.9 Å². The Labute approximate surface area is 154 Å². The van der Waals surface area contributed by atoms with Crippen molar-refractivity contribution in [2.45, 2.75) is 19.9 Å². The molecule has 6 nitrogen and oxygen atoms in total. The highest BCUT2D eigenvalue weighted by Gasteiger charge is 2.10. The van der Waals surface area contributed by atoms with E-state index in [-0.39, 0.29) is 24.4 Å². The smallest absolute Gasteiger partial charge is 0.308 e. The molecule has 0 aliphatic rings. The Balaban J connectivity index is 1.48. The van der Waals surface area contributed by atoms with E-state index in [1.54, 1.807) is 18.4 Å². The van der Waals surface area contributed by atoms with E-state index >= 15 is 0 Å². The summed E-state index contributed by atoms with van der Waals surface area (Å²) in [4.78, 5) is 35.2. The van der Waals surface area contributed by atoms with Crippen molar-refractivity contribution < 1.29 is 14.3 Å². The third kappa shape index (κ3) is 4.37. The second kappa shape index (κ2) is 7.97. The molecule has 0 saturated carbocycles. The second-order valence-electron chi connectivity index (χ2n) is 5.82. The Bertz CT molecular complexity index is 1010. The van der Waals surface area contributed by atoms with Gasteiger partial charge in [0.25, 0.3) is 5.91 Å². The van der Waals surface area contributed by atoms with Crippen LogP contribution < -0.4 is 10.2 Å². The molecule has 0 aliphatic carbocycles.